The van der Waals surface area contributed by atoms with Crippen molar-refractivity contribution in [1.29, 1.82) is 0 Å². The summed E-state index contributed by atoms with van der Waals surface area (Å²) in [5, 5.41) is 0.647. The first kappa shape index (κ1) is 15.3. The smallest absolute Gasteiger partial charge is 0.124 e. The van der Waals surface area contributed by atoms with Gasteiger partial charge in [0.25, 0.3) is 0 Å². The number of hydrazine groups is 1. The number of nitrogens with one attached hydrogen (secondary N) is 1. The zero-order valence-electron chi connectivity index (χ0n) is 11.3. The van der Waals surface area contributed by atoms with Gasteiger partial charge in [-0.3, -0.25) is 5.84 Å². The Morgan fingerprint density at radius 1 is 1.20 bits per heavy atom. The molecule has 0 radical (unpaired) electrons. The normalized spacial score (nSPS) is 12.2. The number of hydrogen-bond donors (Lipinski definition) is 2. The average Bonchev–Trinajstić information content (AvgIpc) is 2.44. The molecular weight excluding hydrogens is 340 g/mol. The van der Waals surface area contributed by atoms with Crippen molar-refractivity contribution in [2.24, 2.45) is 5.84 Å². The summed E-state index contributed by atoms with van der Waals surface area (Å²) in [7, 11) is 1.63. The molecular formula is C15H16BrClN2O. The van der Waals surface area contributed by atoms with Crippen LogP contribution in [-0.4, -0.2) is 7.11 Å². The van der Waals surface area contributed by atoms with Crippen LogP contribution in [0.1, 0.15) is 22.7 Å². The Morgan fingerprint density at radius 2 is 1.95 bits per heavy atom. The third-order valence-corrected chi connectivity index (χ3v) is 3.95. The maximum absolute atomic E-state index is 6.10. The molecule has 0 aromatic heterocycles. The third kappa shape index (κ3) is 3.15. The lowest BCUT2D eigenvalue weighted by atomic mass is 9.95. The van der Waals surface area contributed by atoms with Crippen LogP contribution in [-0.2, 0) is 0 Å². The molecule has 0 bridgehead atoms. The summed E-state index contributed by atoms with van der Waals surface area (Å²) in [5.41, 5.74) is 5.96. The van der Waals surface area contributed by atoms with Crippen molar-refractivity contribution in [3.63, 3.8) is 0 Å². The van der Waals surface area contributed by atoms with Crippen molar-refractivity contribution in [2.45, 2.75) is 13.0 Å². The van der Waals surface area contributed by atoms with E-state index in [4.69, 9.17) is 22.2 Å². The highest BCUT2D eigenvalue weighted by atomic mass is 79.9. The highest BCUT2D eigenvalue weighted by Crippen LogP contribution is 2.34. The summed E-state index contributed by atoms with van der Waals surface area (Å²) in [5.74, 6) is 6.51. The number of benzene rings is 2. The van der Waals surface area contributed by atoms with E-state index in [0.29, 0.717) is 5.02 Å². The van der Waals surface area contributed by atoms with Gasteiger partial charge in [-0.1, -0.05) is 33.6 Å². The fourth-order valence-corrected chi connectivity index (χ4v) is 2.76. The number of ether oxygens (including phenoxy) is 1. The summed E-state index contributed by atoms with van der Waals surface area (Å²) in [4.78, 5) is 0. The van der Waals surface area contributed by atoms with Gasteiger partial charge in [0.2, 0.25) is 0 Å². The van der Waals surface area contributed by atoms with Gasteiger partial charge in [0, 0.05) is 15.1 Å². The molecule has 0 fully saturated rings. The van der Waals surface area contributed by atoms with Crippen LogP contribution in [0.25, 0.3) is 0 Å². The number of aryl methyl sites for hydroxylation is 1. The molecule has 5 heteroatoms. The molecule has 0 heterocycles. The second kappa shape index (κ2) is 6.59. The molecule has 3 nitrogen and oxygen atoms in total. The second-order valence-electron chi connectivity index (χ2n) is 4.49. The molecule has 3 N–H and O–H groups in total. The van der Waals surface area contributed by atoms with Gasteiger partial charge in [0.05, 0.1) is 13.2 Å². The fraction of sp³-hybridized carbons (Fsp3) is 0.200. The van der Waals surface area contributed by atoms with E-state index in [1.165, 1.54) is 0 Å². The molecule has 106 valence electrons. The number of methoxy groups -OCH3 is 1. The topological polar surface area (TPSA) is 47.3 Å². The first-order valence-electron chi connectivity index (χ1n) is 6.12. The van der Waals surface area contributed by atoms with E-state index in [-0.39, 0.29) is 6.04 Å². The van der Waals surface area contributed by atoms with Gasteiger partial charge in [0.15, 0.2) is 0 Å². The van der Waals surface area contributed by atoms with Crippen molar-refractivity contribution in [3.05, 3.63) is 62.6 Å². The molecule has 0 aliphatic heterocycles. The lowest BCUT2D eigenvalue weighted by molar-refractivity contribution is 0.404. The second-order valence-corrected chi connectivity index (χ2v) is 5.84. The van der Waals surface area contributed by atoms with Gasteiger partial charge in [0.1, 0.15) is 5.75 Å². The third-order valence-electron chi connectivity index (χ3n) is 3.22. The minimum Gasteiger partial charge on any atom is -0.496 e. The lowest BCUT2D eigenvalue weighted by Gasteiger charge is -2.22. The molecule has 2 rings (SSSR count). The Balaban J connectivity index is 2.57. The van der Waals surface area contributed by atoms with Crippen LogP contribution in [0, 0.1) is 6.92 Å². The standard InChI is InChI=1S/C15H16BrClN2O/c1-9-3-4-10(16)7-12(9)15(19-18)13-8-11(17)5-6-14(13)20-2/h3-8,15,19H,18H2,1-2H3. The van der Waals surface area contributed by atoms with Gasteiger partial charge in [-0.05, 0) is 48.4 Å². The zero-order chi connectivity index (χ0) is 14.7. The fourth-order valence-electron chi connectivity index (χ4n) is 2.20. The maximum Gasteiger partial charge on any atom is 0.124 e. The van der Waals surface area contributed by atoms with Crippen molar-refractivity contribution >= 4 is 27.5 Å². The Bertz CT molecular complexity index is 619. The van der Waals surface area contributed by atoms with Gasteiger partial charge in [-0.2, -0.15) is 0 Å². The largest absolute Gasteiger partial charge is 0.496 e. The predicted molar refractivity (Wildman–Crippen MR) is 86.0 cm³/mol. The molecule has 0 saturated heterocycles. The van der Waals surface area contributed by atoms with E-state index in [9.17, 15) is 0 Å². The van der Waals surface area contributed by atoms with Crippen LogP contribution >= 0.6 is 27.5 Å². The zero-order valence-corrected chi connectivity index (χ0v) is 13.6. The molecule has 1 atom stereocenters. The molecule has 0 saturated carbocycles. The summed E-state index contributed by atoms with van der Waals surface area (Å²) >= 11 is 9.59. The summed E-state index contributed by atoms with van der Waals surface area (Å²) in [6.45, 7) is 2.04. The van der Waals surface area contributed by atoms with E-state index in [1.807, 2.05) is 37.3 Å². The van der Waals surface area contributed by atoms with Gasteiger partial charge >= 0.3 is 0 Å². The highest BCUT2D eigenvalue weighted by molar-refractivity contribution is 9.10. The first-order valence-corrected chi connectivity index (χ1v) is 7.29. The first-order chi connectivity index (χ1) is 9.56. The van der Waals surface area contributed by atoms with Crippen molar-refractivity contribution in [1.82, 2.24) is 5.43 Å². The Kier molecular flexibility index (Phi) is 5.05. The SMILES string of the molecule is COc1ccc(Cl)cc1C(NN)c1cc(Br)ccc1C. The lowest BCUT2D eigenvalue weighted by Crippen LogP contribution is -2.29. The van der Waals surface area contributed by atoms with Crippen molar-refractivity contribution < 1.29 is 4.74 Å². The molecule has 0 aliphatic carbocycles. The number of halogens is 2. The molecule has 2 aromatic carbocycles. The minimum absolute atomic E-state index is 0.193. The Hall–Kier alpha value is -1.07. The van der Waals surface area contributed by atoms with Gasteiger partial charge in [-0.25, -0.2) is 5.43 Å². The number of hydrogen-bond acceptors (Lipinski definition) is 3. The summed E-state index contributed by atoms with van der Waals surface area (Å²) in [6.07, 6.45) is 0. The van der Waals surface area contributed by atoms with Gasteiger partial charge < -0.3 is 4.74 Å². The van der Waals surface area contributed by atoms with E-state index < -0.39 is 0 Å². The molecule has 2 aromatic rings. The highest BCUT2D eigenvalue weighted by Gasteiger charge is 2.19. The Morgan fingerprint density at radius 3 is 2.60 bits per heavy atom. The van der Waals surface area contributed by atoms with Crippen LogP contribution in [0.2, 0.25) is 5.02 Å². The average molecular weight is 356 g/mol. The molecule has 20 heavy (non-hydrogen) atoms. The monoisotopic (exact) mass is 354 g/mol. The van der Waals surface area contributed by atoms with Crippen LogP contribution < -0.4 is 16.0 Å². The molecule has 1 unspecified atom stereocenters. The summed E-state index contributed by atoms with van der Waals surface area (Å²) < 4.78 is 6.41. The van der Waals surface area contributed by atoms with E-state index >= 15 is 0 Å². The van der Waals surface area contributed by atoms with Crippen LogP contribution in [0.15, 0.2) is 40.9 Å². The van der Waals surface area contributed by atoms with Crippen molar-refractivity contribution in [2.75, 3.05) is 7.11 Å². The minimum atomic E-state index is -0.193. The maximum atomic E-state index is 6.10. The van der Waals surface area contributed by atoms with Crippen LogP contribution in [0.5, 0.6) is 5.75 Å². The number of nitrogens with two attached hydrogens (primary N) is 1. The molecule has 0 spiro atoms. The Labute approximate surface area is 132 Å². The summed E-state index contributed by atoms with van der Waals surface area (Å²) in [6, 6.07) is 11.4. The predicted octanol–water partition coefficient (Wildman–Crippen LogP) is 3.97. The molecule has 0 aliphatic rings. The quantitative estimate of drug-likeness (QED) is 0.644. The number of rotatable bonds is 4. The van der Waals surface area contributed by atoms with E-state index in [1.54, 1.807) is 13.2 Å². The molecule has 0 amide bonds. The van der Waals surface area contributed by atoms with Crippen molar-refractivity contribution in [3.8, 4) is 5.75 Å². The van der Waals surface area contributed by atoms with Crippen LogP contribution in [0.3, 0.4) is 0 Å². The van der Waals surface area contributed by atoms with E-state index in [2.05, 4.69) is 21.4 Å². The van der Waals surface area contributed by atoms with E-state index in [0.717, 1.165) is 26.9 Å². The van der Waals surface area contributed by atoms with Crippen LogP contribution in [0.4, 0.5) is 0 Å². The van der Waals surface area contributed by atoms with Gasteiger partial charge in [-0.15, -0.1) is 0 Å².